The summed E-state index contributed by atoms with van der Waals surface area (Å²) < 4.78 is 0. The molecule has 1 aromatic carbocycles. The lowest BCUT2D eigenvalue weighted by Gasteiger charge is -2.36. The molecule has 154 valence electrons. The summed E-state index contributed by atoms with van der Waals surface area (Å²) >= 11 is 0. The van der Waals surface area contributed by atoms with Gasteiger partial charge in [0.25, 0.3) is 0 Å². The number of carbonyl (C=O) groups is 1. The van der Waals surface area contributed by atoms with E-state index in [0.717, 1.165) is 58.4 Å². The predicted octanol–water partition coefficient (Wildman–Crippen LogP) is 1.69. The quantitative estimate of drug-likeness (QED) is 0.707. The summed E-state index contributed by atoms with van der Waals surface area (Å²) in [4.78, 5) is 18.9. The highest BCUT2D eigenvalue weighted by molar-refractivity contribution is 5.82. The number of unbranched alkanes of at least 4 members (excludes halogenated alkanes) is 1. The second-order valence-electron chi connectivity index (χ2n) is 7.91. The zero-order valence-electron chi connectivity index (χ0n) is 17.0. The van der Waals surface area contributed by atoms with Gasteiger partial charge < -0.3 is 15.5 Å². The Balaban J connectivity index is 1.33. The van der Waals surface area contributed by atoms with Crippen molar-refractivity contribution in [2.24, 2.45) is 5.73 Å². The minimum Gasteiger partial charge on any atom is -0.369 e. The van der Waals surface area contributed by atoms with Gasteiger partial charge in [-0.3, -0.25) is 9.69 Å². The van der Waals surface area contributed by atoms with Crippen LogP contribution in [0.3, 0.4) is 0 Å². The van der Waals surface area contributed by atoms with E-state index in [2.05, 4.69) is 21.9 Å². The van der Waals surface area contributed by atoms with Gasteiger partial charge in [-0.1, -0.05) is 6.42 Å². The Kier molecular flexibility index (Phi) is 7.46. The van der Waals surface area contributed by atoms with Crippen LogP contribution >= 0.6 is 0 Å². The predicted molar refractivity (Wildman–Crippen MR) is 112 cm³/mol. The third-order valence-electron chi connectivity index (χ3n) is 5.98. The Bertz CT molecular complexity index is 757. The molecule has 0 saturated carbocycles. The Morgan fingerprint density at radius 1 is 1.10 bits per heavy atom. The van der Waals surface area contributed by atoms with E-state index < -0.39 is 6.04 Å². The maximum atomic E-state index is 12.4. The molecule has 0 aliphatic carbocycles. The van der Waals surface area contributed by atoms with Gasteiger partial charge in [0.15, 0.2) is 0 Å². The molecule has 0 radical (unpaired) electrons. The molecule has 2 fully saturated rings. The molecule has 2 aliphatic rings. The summed E-state index contributed by atoms with van der Waals surface area (Å²) in [6, 6.07) is 11.4. The van der Waals surface area contributed by atoms with E-state index in [4.69, 9.17) is 16.3 Å². The van der Waals surface area contributed by atoms with Crippen LogP contribution in [0.25, 0.3) is 0 Å². The van der Waals surface area contributed by atoms with Crippen molar-refractivity contribution < 1.29 is 4.79 Å². The molecule has 1 amide bonds. The lowest BCUT2D eigenvalue weighted by molar-refractivity contribution is -0.132. The molecule has 7 nitrogen and oxygen atoms in total. The van der Waals surface area contributed by atoms with E-state index in [1.807, 2.05) is 24.3 Å². The zero-order valence-corrected chi connectivity index (χ0v) is 17.0. The van der Waals surface area contributed by atoms with Crippen LogP contribution in [0.4, 0.5) is 5.69 Å². The maximum Gasteiger partial charge on any atom is 0.240 e. The number of anilines is 1. The molecule has 0 spiro atoms. The molecule has 2 N–H and O–H groups in total. The summed E-state index contributed by atoms with van der Waals surface area (Å²) in [5.74, 6) is -0.0647. The number of carbonyl (C=O) groups excluding carboxylic acids is 1. The zero-order chi connectivity index (χ0) is 20.6. The first-order valence-electron chi connectivity index (χ1n) is 10.6. The highest BCUT2D eigenvalue weighted by atomic mass is 16.2. The number of hydrogen-bond donors (Lipinski definition) is 1. The van der Waals surface area contributed by atoms with Crippen LogP contribution in [-0.4, -0.2) is 67.1 Å². The number of nitriles is 2. The average molecular weight is 395 g/mol. The second-order valence-corrected chi connectivity index (χ2v) is 7.91. The molecule has 2 heterocycles. The number of benzene rings is 1. The minimum atomic E-state index is -0.489. The van der Waals surface area contributed by atoms with Gasteiger partial charge in [0.1, 0.15) is 6.04 Å². The first-order valence-corrected chi connectivity index (χ1v) is 10.6. The summed E-state index contributed by atoms with van der Waals surface area (Å²) in [5.41, 5.74) is 7.96. The van der Waals surface area contributed by atoms with Gasteiger partial charge in [-0.2, -0.15) is 10.5 Å². The van der Waals surface area contributed by atoms with E-state index in [1.54, 1.807) is 4.90 Å². The fraction of sp³-hybridized carbons (Fsp3) is 0.591. The van der Waals surface area contributed by atoms with Gasteiger partial charge in [0.05, 0.1) is 23.7 Å². The number of amides is 1. The molecule has 3 rings (SSSR count). The highest BCUT2D eigenvalue weighted by Gasteiger charge is 2.31. The van der Waals surface area contributed by atoms with E-state index >= 15 is 0 Å². The molecular formula is C22H30N6O. The number of nitrogens with zero attached hydrogens (tertiary/aromatic N) is 5. The Hall–Kier alpha value is -2.61. The highest BCUT2D eigenvalue weighted by Crippen LogP contribution is 2.19. The third kappa shape index (κ3) is 5.47. The molecule has 0 aromatic heterocycles. The summed E-state index contributed by atoms with van der Waals surface area (Å²) in [6.45, 7) is 5.68. The molecule has 0 unspecified atom stereocenters. The minimum absolute atomic E-state index is 0.0647. The number of rotatable bonds is 7. The van der Waals surface area contributed by atoms with Crippen molar-refractivity contribution in [2.45, 2.75) is 44.2 Å². The number of nitrogens with two attached hydrogens (primary N) is 1. The van der Waals surface area contributed by atoms with Gasteiger partial charge in [0, 0.05) is 38.4 Å². The van der Waals surface area contributed by atoms with Crippen LogP contribution in [0.5, 0.6) is 0 Å². The fourth-order valence-electron chi connectivity index (χ4n) is 4.18. The molecule has 7 heteroatoms. The summed E-state index contributed by atoms with van der Waals surface area (Å²) in [7, 11) is 0. The van der Waals surface area contributed by atoms with Gasteiger partial charge in [-0.05, 0) is 56.5 Å². The molecule has 2 atom stereocenters. The van der Waals surface area contributed by atoms with Crippen LogP contribution < -0.4 is 10.6 Å². The Morgan fingerprint density at radius 3 is 2.48 bits per heavy atom. The van der Waals surface area contributed by atoms with E-state index in [0.29, 0.717) is 18.5 Å². The van der Waals surface area contributed by atoms with Crippen molar-refractivity contribution in [1.29, 1.82) is 10.5 Å². The van der Waals surface area contributed by atoms with Gasteiger partial charge >= 0.3 is 0 Å². The molecule has 2 aliphatic heterocycles. The molecule has 2 saturated heterocycles. The van der Waals surface area contributed by atoms with Crippen molar-refractivity contribution in [3.8, 4) is 12.1 Å². The van der Waals surface area contributed by atoms with Crippen molar-refractivity contribution in [2.75, 3.05) is 44.2 Å². The second kappa shape index (κ2) is 10.2. The first kappa shape index (κ1) is 21.1. The number of hydrogen-bond acceptors (Lipinski definition) is 6. The Morgan fingerprint density at radius 2 is 1.83 bits per heavy atom. The largest absolute Gasteiger partial charge is 0.369 e. The lowest BCUT2D eigenvalue weighted by Crippen LogP contribution is -2.47. The summed E-state index contributed by atoms with van der Waals surface area (Å²) in [5, 5.41) is 18.0. The maximum absolute atomic E-state index is 12.4. The average Bonchev–Trinajstić information content (AvgIpc) is 3.25. The van der Waals surface area contributed by atoms with Crippen molar-refractivity contribution >= 4 is 11.6 Å². The smallest absolute Gasteiger partial charge is 0.240 e. The van der Waals surface area contributed by atoms with Crippen LogP contribution in [0, 0.1) is 22.7 Å². The van der Waals surface area contributed by atoms with Crippen molar-refractivity contribution in [3.63, 3.8) is 0 Å². The van der Waals surface area contributed by atoms with Gasteiger partial charge in [-0.15, -0.1) is 0 Å². The van der Waals surface area contributed by atoms with Crippen LogP contribution in [0.1, 0.15) is 37.7 Å². The molecule has 1 aromatic rings. The third-order valence-corrected chi connectivity index (χ3v) is 5.98. The number of likely N-dealkylation sites (tertiary alicyclic amines) is 1. The van der Waals surface area contributed by atoms with Gasteiger partial charge in [-0.25, -0.2) is 0 Å². The van der Waals surface area contributed by atoms with Crippen molar-refractivity contribution in [1.82, 2.24) is 9.80 Å². The normalized spacial score (nSPS) is 20.9. The first-order chi connectivity index (χ1) is 14.1. The monoisotopic (exact) mass is 394 g/mol. The van der Waals surface area contributed by atoms with Crippen LogP contribution in [0.2, 0.25) is 0 Å². The topological polar surface area (TPSA) is 100 Å². The van der Waals surface area contributed by atoms with Gasteiger partial charge in [0.2, 0.25) is 5.91 Å². The van der Waals surface area contributed by atoms with E-state index in [1.165, 1.54) is 5.69 Å². The Labute approximate surface area is 173 Å². The van der Waals surface area contributed by atoms with Crippen molar-refractivity contribution in [3.05, 3.63) is 29.8 Å². The molecular weight excluding hydrogens is 364 g/mol. The van der Waals surface area contributed by atoms with E-state index in [-0.39, 0.29) is 11.9 Å². The molecule has 0 bridgehead atoms. The standard InChI is InChI=1S/C22H30N6O/c23-16-18-6-8-19(9-7-18)27-14-12-26(13-15-27)10-2-1-5-21(25)22(29)28-11-3-4-20(28)17-24/h6-9,20-21H,1-5,10-15,25H2/t20-,21-/m0/s1. The van der Waals surface area contributed by atoms with Crippen LogP contribution in [0.15, 0.2) is 24.3 Å². The summed E-state index contributed by atoms with van der Waals surface area (Å²) in [6.07, 6.45) is 4.29. The number of piperazine rings is 1. The van der Waals surface area contributed by atoms with E-state index in [9.17, 15) is 4.79 Å². The lowest BCUT2D eigenvalue weighted by atomic mass is 10.1. The fourth-order valence-corrected chi connectivity index (χ4v) is 4.18. The molecule has 29 heavy (non-hydrogen) atoms. The van der Waals surface area contributed by atoms with Crippen LogP contribution in [-0.2, 0) is 4.79 Å². The SMILES string of the molecule is N#Cc1ccc(N2CCN(CCCC[C@H](N)C(=O)N3CCC[C@H]3C#N)CC2)cc1.